The number of benzene rings is 1. The zero-order valence-corrected chi connectivity index (χ0v) is 14.2. The summed E-state index contributed by atoms with van der Waals surface area (Å²) in [7, 11) is 0. The number of ether oxygens (including phenoxy) is 1. The lowest BCUT2D eigenvalue weighted by molar-refractivity contribution is -0.126. The second-order valence-electron chi connectivity index (χ2n) is 6.24. The van der Waals surface area contributed by atoms with Gasteiger partial charge >= 0.3 is 0 Å². The molecule has 4 nitrogen and oxygen atoms in total. The van der Waals surface area contributed by atoms with Crippen LogP contribution >= 0.6 is 12.4 Å². The normalized spacial score (nSPS) is 17.8. The van der Waals surface area contributed by atoms with E-state index in [0.29, 0.717) is 25.5 Å². The Morgan fingerprint density at radius 1 is 1.41 bits per heavy atom. The Hall–Kier alpha value is -1.26. The van der Waals surface area contributed by atoms with Crippen LogP contribution in [0.4, 0.5) is 0 Å². The second-order valence-corrected chi connectivity index (χ2v) is 6.24. The number of nitrogens with one attached hydrogen (secondary N) is 1. The minimum atomic E-state index is -0.244. The maximum Gasteiger partial charge on any atom is 0.223 e. The maximum absolute atomic E-state index is 12.3. The van der Waals surface area contributed by atoms with Crippen LogP contribution in [0.25, 0.3) is 0 Å². The highest BCUT2D eigenvalue weighted by Gasteiger charge is 2.41. The van der Waals surface area contributed by atoms with Crippen LogP contribution < -0.4 is 15.8 Å². The van der Waals surface area contributed by atoms with Crippen molar-refractivity contribution in [3.05, 3.63) is 30.3 Å². The van der Waals surface area contributed by atoms with Crippen LogP contribution in [0.2, 0.25) is 0 Å². The summed E-state index contributed by atoms with van der Waals surface area (Å²) in [5, 5.41) is 3.13. The molecule has 1 aromatic carbocycles. The van der Waals surface area contributed by atoms with Crippen LogP contribution in [-0.2, 0) is 4.79 Å². The Bertz CT molecular complexity index is 465. The van der Waals surface area contributed by atoms with Crippen LogP contribution in [0.15, 0.2) is 30.3 Å². The second kappa shape index (κ2) is 8.39. The van der Waals surface area contributed by atoms with Gasteiger partial charge in [-0.3, -0.25) is 4.79 Å². The first-order chi connectivity index (χ1) is 10.0. The summed E-state index contributed by atoms with van der Waals surface area (Å²) in [6.07, 6.45) is 3.03. The van der Waals surface area contributed by atoms with Gasteiger partial charge in [0.25, 0.3) is 0 Å². The third-order valence-corrected chi connectivity index (χ3v) is 4.32. The van der Waals surface area contributed by atoms with Gasteiger partial charge in [-0.1, -0.05) is 25.1 Å². The van der Waals surface area contributed by atoms with Crippen molar-refractivity contribution < 1.29 is 9.53 Å². The van der Waals surface area contributed by atoms with E-state index in [-0.39, 0.29) is 29.8 Å². The first kappa shape index (κ1) is 18.8. The fourth-order valence-corrected chi connectivity index (χ4v) is 2.45. The molecule has 1 saturated carbocycles. The van der Waals surface area contributed by atoms with E-state index in [9.17, 15) is 4.79 Å². The Morgan fingerprint density at radius 3 is 2.59 bits per heavy atom. The van der Waals surface area contributed by atoms with E-state index < -0.39 is 0 Å². The van der Waals surface area contributed by atoms with Crippen molar-refractivity contribution in [1.82, 2.24) is 5.32 Å². The molecule has 2 atom stereocenters. The van der Waals surface area contributed by atoms with Gasteiger partial charge in [0.15, 0.2) is 0 Å². The Labute approximate surface area is 139 Å². The quantitative estimate of drug-likeness (QED) is 0.772. The summed E-state index contributed by atoms with van der Waals surface area (Å²) in [6, 6.07) is 9.67. The van der Waals surface area contributed by atoms with Gasteiger partial charge < -0.3 is 15.8 Å². The molecule has 0 aliphatic heterocycles. The van der Waals surface area contributed by atoms with Crippen molar-refractivity contribution in [2.45, 2.75) is 38.6 Å². The van der Waals surface area contributed by atoms with Crippen molar-refractivity contribution in [2.24, 2.45) is 17.6 Å². The first-order valence-corrected chi connectivity index (χ1v) is 7.75. The topological polar surface area (TPSA) is 64.3 Å². The molecule has 2 rings (SSSR count). The molecule has 1 amide bonds. The van der Waals surface area contributed by atoms with Crippen molar-refractivity contribution >= 4 is 18.3 Å². The van der Waals surface area contributed by atoms with E-state index in [1.54, 1.807) is 0 Å². The predicted octanol–water partition coefficient (Wildman–Crippen LogP) is 2.76. The SMILES string of the molecule is CC(CCOc1ccccc1)C(=O)NC(C)(CN)C1CC1.Cl. The molecule has 3 N–H and O–H groups in total. The number of carbonyl (C=O) groups excluding carboxylic acids is 1. The number of para-hydroxylation sites is 1. The summed E-state index contributed by atoms with van der Waals surface area (Å²) in [6.45, 7) is 5.03. The number of rotatable bonds is 8. The number of amides is 1. The van der Waals surface area contributed by atoms with Crippen molar-refractivity contribution in [2.75, 3.05) is 13.2 Å². The lowest BCUT2D eigenvalue weighted by atomic mass is 9.94. The van der Waals surface area contributed by atoms with Crippen LogP contribution in [0, 0.1) is 11.8 Å². The molecule has 22 heavy (non-hydrogen) atoms. The number of hydrogen-bond donors (Lipinski definition) is 2. The monoisotopic (exact) mass is 326 g/mol. The molecule has 124 valence electrons. The summed E-state index contributed by atoms with van der Waals surface area (Å²) < 4.78 is 5.64. The summed E-state index contributed by atoms with van der Waals surface area (Å²) in [4.78, 5) is 12.3. The number of nitrogens with two attached hydrogens (primary N) is 1. The Morgan fingerprint density at radius 2 is 2.05 bits per heavy atom. The van der Waals surface area contributed by atoms with E-state index in [4.69, 9.17) is 10.5 Å². The molecular weight excluding hydrogens is 300 g/mol. The molecular formula is C17H27ClN2O2. The third-order valence-electron chi connectivity index (χ3n) is 4.32. The van der Waals surface area contributed by atoms with Gasteiger partial charge in [0, 0.05) is 12.5 Å². The predicted molar refractivity (Wildman–Crippen MR) is 91.3 cm³/mol. The zero-order chi connectivity index (χ0) is 15.3. The van der Waals surface area contributed by atoms with E-state index in [2.05, 4.69) is 12.2 Å². The molecule has 2 unspecified atom stereocenters. The molecule has 0 bridgehead atoms. The highest BCUT2D eigenvalue weighted by Crippen LogP contribution is 2.39. The van der Waals surface area contributed by atoms with Gasteiger partial charge in [-0.2, -0.15) is 0 Å². The molecule has 0 saturated heterocycles. The highest BCUT2D eigenvalue weighted by molar-refractivity contribution is 5.85. The Kier molecular flexibility index (Phi) is 7.17. The van der Waals surface area contributed by atoms with Gasteiger partial charge in [0.05, 0.1) is 12.1 Å². The highest BCUT2D eigenvalue weighted by atomic mass is 35.5. The molecule has 0 heterocycles. The lowest BCUT2D eigenvalue weighted by Gasteiger charge is -2.31. The van der Waals surface area contributed by atoms with Crippen LogP contribution in [0.1, 0.15) is 33.1 Å². The number of carbonyl (C=O) groups is 1. The fourth-order valence-electron chi connectivity index (χ4n) is 2.45. The largest absolute Gasteiger partial charge is 0.494 e. The van der Waals surface area contributed by atoms with E-state index in [1.807, 2.05) is 37.3 Å². The zero-order valence-electron chi connectivity index (χ0n) is 13.4. The molecule has 1 aliphatic rings. The third kappa shape index (κ3) is 5.18. The van der Waals surface area contributed by atoms with Gasteiger partial charge in [-0.15, -0.1) is 12.4 Å². The smallest absolute Gasteiger partial charge is 0.223 e. The molecule has 1 fully saturated rings. The number of halogens is 1. The average Bonchev–Trinajstić information content (AvgIpc) is 3.33. The fraction of sp³-hybridized carbons (Fsp3) is 0.588. The lowest BCUT2D eigenvalue weighted by Crippen LogP contribution is -2.54. The summed E-state index contributed by atoms with van der Waals surface area (Å²) >= 11 is 0. The van der Waals surface area contributed by atoms with Crippen LogP contribution in [-0.4, -0.2) is 24.6 Å². The van der Waals surface area contributed by atoms with Crippen LogP contribution in [0.5, 0.6) is 5.75 Å². The number of hydrogen-bond acceptors (Lipinski definition) is 3. The summed E-state index contributed by atoms with van der Waals surface area (Å²) in [5.41, 5.74) is 5.59. The molecule has 1 aromatic rings. The van der Waals surface area contributed by atoms with E-state index in [1.165, 1.54) is 12.8 Å². The van der Waals surface area contributed by atoms with Gasteiger partial charge in [-0.25, -0.2) is 0 Å². The van der Waals surface area contributed by atoms with Crippen molar-refractivity contribution in [1.29, 1.82) is 0 Å². The summed E-state index contributed by atoms with van der Waals surface area (Å²) in [5.74, 6) is 1.39. The van der Waals surface area contributed by atoms with Crippen molar-refractivity contribution in [3.8, 4) is 5.75 Å². The van der Waals surface area contributed by atoms with E-state index in [0.717, 1.165) is 5.75 Å². The van der Waals surface area contributed by atoms with E-state index >= 15 is 0 Å². The maximum atomic E-state index is 12.3. The van der Waals surface area contributed by atoms with Gasteiger partial charge in [0.1, 0.15) is 5.75 Å². The molecule has 0 spiro atoms. The minimum Gasteiger partial charge on any atom is -0.494 e. The minimum absolute atomic E-state index is 0. The van der Waals surface area contributed by atoms with Gasteiger partial charge in [-0.05, 0) is 44.2 Å². The molecule has 1 aliphatic carbocycles. The standard InChI is InChI=1S/C17H26N2O2.ClH/c1-13(10-11-21-15-6-4-3-5-7-15)16(20)19-17(2,12-18)14-8-9-14;/h3-7,13-14H,8-12,18H2,1-2H3,(H,19,20);1H. The molecule has 0 radical (unpaired) electrons. The molecule has 5 heteroatoms. The van der Waals surface area contributed by atoms with Crippen LogP contribution in [0.3, 0.4) is 0 Å². The van der Waals surface area contributed by atoms with Crippen molar-refractivity contribution in [3.63, 3.8) is 0 Å². The first-order valence-electron chi connectivity index (χ1n) is 7.75. The Balaban J connectivity index is 0.00000242. The molecule has 0 aromatic heterocycles. The van der Waals surface area contributed by atoms with Gasteiger partial charge in [0.2, 0.25) is 5.91 Å². The average molecular weight is 327 g/mol.